The van der Waals surface area contributed by atoms with Gasteiger partial charge in [-0.1, -0.05) is 18.7 Å². The molecule has 0 amide bonds. The number of hydrogen-bond donors (Lipinski definition) is 1. The van der Waals surface area contributed by atoms with E-state index in [4.69, 9.17) is 4.42 Å². The monoisotopic (exact) mass is 279 g/mol. The third-order valence-corrected chi connectivity index (χ3v) is 4.06. The molecule has 102 valence electrons. The molecule has 2 aromatic rings. The van der Waals surface area contributed by atoms with Gasteiger partial charge in [-0.2, -0.15) is 0 Å². The number of furan rings is 1. The molecule has 0 atom stereocenters. The molecule has 2 rings (SSSR count). The van der Waals surface area contributed by atoms with Crippen molar-refractivity contribution in [3.05, 3.63) is 47.7 Å². The molecule has 1 aromatic carbocycles. The first-order valence-electron chi connectivity index (χ1n) is 6.41. The molecular formula is C15H18FNOS. The minimum atomic E-state index is -0.193. The maximum atomic E-state index is 13.4. The molecule has 0 spiro atoms. The summed E-state index contributed by atoms with van der Waals surface area (Å²) in [5.74, 6) is 0.698. The van der Waals surface area contributed by atoms with E-state index in [2.05, 4.69) is 12.2 Å². The molecule has 4 heteroatoms. The smallest absolute Gasteiger partial charge is 0.123 e. The molecule has 0 saturated carbocycles. The second kappa shape index (κ2) is 6.78. The van der Waals surface area contributed by atoms with E-state index in [0.29, 0.717) is 6.54 Å². The molecule has 1 N–H and O–H groups in total. The maximum Gasteiger partial charge on any atom is 0.123 e. The first-order chi connectivity index (χ1) is 9.20. The molecule has 0 saturated heterocycles. The minimum absolute atomic E-state index is 0.193. The largest absolute Gasteiger partial charge is 0.468 e. The van der Waals surface area contributed by atoms with Gasteiger partial charge in [-0.05, 0) is 49.7 Å². The average Bonchev–Trinajstić information content (AvgIpc) is 2.78. The van der Waals surface area contributed by atoms with Gasteiger partial charge < -0.3 is 9.73 Å². The van der Waals surface area contributed by atoms with Crippen LogP contribution in [0.15, 0.2) is 44.7 Å². The zero-order chi connectivity index (χ0) is 13.7. The summed E-state index contributed by atoms with van der Waals surface area (Å²) in [4.78, 5) is 2.14. The highest BCUT2D eigenvalue weighted by atomic mass is 32.2. The van der Waals surface area contributed by atoms with Crippen molar-refractivity contribution < 1.29 is 8.81 Å². The number of benzene rings is 1. The highest BCUT2D eigenvalue weighted by molar-refractivity contribution is 7.99. The lowest BCUT2D eigenvalue weighted by Crippen LogP contribution is -2.14. The Kier molecular flexibility index (Phi) is 5.05. The summed E-state index contributed by atoms with van der Waals surface area (Å²) in [5, 5.41) is 3.31. The summed E-state index contributed by atoms with van der Waals surface area (Å²) in [7, 11) is 0. The van der Waals surface area contributed by atoms with E-state index in [0.717, 1.165) is 34.1 Å². The molecule has 0 aliphatic heterocycles. The predicted molar refractivity (Wildman–Crippen MR) is 76.0 cm³/mol. The van der Waals surface area contributed by atoms with Gasteiger partial charge in [-0.3, -0.25) is 0 Å². The summed E-state index contributed by atoms with van der Waals surface area (Å²) in [6, 6.07) is 6.86. The Hall–Kier alpha value is -1.26. The van der Waals surface area contributed by atoms with Crippen LogP contribution >= 0.6 is 11.8 Å². The fourth-order valence-electron chi connectivity index (χ4n) is 1.78. The molecule has 1 aromatic heterocycles. The van der Waals surface area contributed by atoms with E-state index in [1.165, 1.54) is 6.07 Å². The SMILES string of the molecule is CCCNCc1cc(F)ccc1Sc1ccoc1C. The van der Waals surface area contributed by atoms with Gasteiger partial charge in [-0.25, -0.2) is 4.39 Å². The Morgan fingerprint density at radius 1 is 1.26 bits per heavy atom. The number of halogens is 1. The Bertz CT molecular complexity index is 539. The first-order valence-corrected chi connectivity index (χ1v) is 7.23. The van der Waals surface area contributed by atoms with Crippen molar-refractivity contribution in [1.29, 1.82) is 0 Å². The Morgan fingerprint density at radius 2 is 2.11 bits per heavy atom. The molecule has 0 unspecified atom stereocenters. The summed E-state index contributed by atoms with van der Waals surface area (Å²) >= 11 is 1.61. The standard InChI is InChI=1S/C15H18FNOS/c1-3-7-17-10-12-9-13(16)4-5-15(12)19-14-6-8-18-11(14)2/h4-6,8-9,17H,3,7,10H2,1-2H3. The molecule has 2 nitrogen and oxygen atoms in total. The first kappa shape index (κ1) is 14.2. The van der Waals surface area contributed by atoms with Crippen LogP contribution < -0.4 is 5.32 Å². The molecule has 0 bridgehead atoms. The Balaban J connectivity index is 2.16. The van der Waals surface area contributed by atoms with Crippen LogP contribution in [0.4, 0.5) is 4.39 Å². The number of aryl methyl sites for hydroxylation is 1. The number of rotatable bonds is 6. The number of hydrogen-bond acceptors (Lipinski definition) is 3. The van der Waals surface area contributed by atoms with Crippen LogP contribution in [0.2, 0.25) is 0 Å². The van der Waals surface area contributed by atoms with Gasteiger partial charge >= 0.3 is 0 Å². The van der Waals surface area contributed by atoms with Crippen molar-refractivity contribution in [2.24, 2.45) is 0 Å². The minimum Gasteiger partial charge on any atom is -0.468 e. The molecule has 19 heavy (non-hydrogen) atoms. The number of nitrogens with one attached hydrogen (secondary N) is 1. The van der Waals surface area contributed by atoms with Crippen LogP contribution in [0.3, 0.4) is 0 Å². The van der Waals surface area contributed by atoms with Gasteiger partial charge in [0.05, 0.1) is 11.2 Å². The zero-order valence-corrected chi connectivity index (χ0v) is 12.0. The van der Waals surface area contributed by atoms with Crippen molar-refractivity contribution in [2.75, 3.05) is 6.54 Å². The quantitative estimate of drug-likeness (QED) is 0.794. The van der Waals surface area contributed by atoms with Crippen LogP contribution in [0, 0.1) is 12.7 Å². The highest BCUT2D eigenvalue weighted by Crippen LogP contribution is 2.33. The summed E-state index contributed by atoms with van der Waals surface area (Å²) < 4.78 is 18.6. The van der Waals surface area contributed by atoms with Gasteiger partial charge in [0.15, 0.2) is 0 Å². The lowest BCUT2D eigenvalue weighted by molar-refractivity contribution is 0.527. The molecule has 0 fully saturated rings. The van der Waals surface area contributed by atoms with Crippen LogP contribution in [-0.2, 0) is 6.54 Å². The summed E-state index contributed by atoms with van der Waals surface area (Å²) in [6.45, 7) is 5.67. The van der Waals surface area contributed by atoms with E-state index in [9.17, 15) is 4.39 Å². The average molecular weight is 279 g/mol. The summed E-state index contributed by atoms with van der Waals surface area (Å²) in [5.41, 5.74) is 0.985. The van der Waals surface area contributed by atoms with Crippen LogP contribution in [0.25, 0.3) is 0 Å². The van der Waals surface area contributed by atoms with E-state index in [1.54, 1.807) is 24.1 Å². The van der Waals surface area contributed by atoms with Crippen molar-refractivity contribution in [3.63, 3.8) is 0 Å². The van der Waals surface area contributed by atoms with Crippen molar-refractivity contribution in [2.45, 2.75) is 36.6 Å². The normalized spacial score (nSPS) is 10.9. The maximum absolute atomic E-state index is 13.4. The molecule has 1 heterocycles. The summed E-state index contributed by atoms with van der Waals surface area (Å²) in [6.07, 6.45) is 2.74. The van der Waals surface area contributed by atoms with Crippen molar-refractivity contribution in [3.8, 4) is 0 Å². The van der Waals surface area contributed by atoms with Gasteiger partial charge in [-0.15, -0.1) is 0 Å². The third-order valence-electron chi connectivity index (χ3n) is 2.80. The van der Waals surface area contributed by atoms with Crippen LogP contribution in [0.5, 0.6) is 0 Å². The highest BCUT2D eigenvalue weighted by Gasteiger charge is 2.09. The van der Waals surface area contributed by atoms with Crippen molar-refractivity contribution in [1.82, 2.24) is 5.32 Å². The van der Waals surface area contributed by atoms with Crippen LogP contribution in [-0.4, -0.2) is 6.54 Å². The second-order valence-corrected chi connectivity index (χ2v) is 5.46. The molecule has 0 aliphatic rings. The van der Waals surface area contributed by atoms with E-state index in [-0.39, 0.29) is 5.82 Å². The topological polar surface area (TPSA) is 25.2 Å². The third kappa shape index (κ3) is 3.85. The van der Waals surface area contributed by atoms with Gasteiger partial charge in [0.2, 0.25) is 0 Å². The lowest BCUT2D eigenvalue weighted by atomic mass is 10.2. The predicted octanol–water partition coefficient (Wildman–Crippen LogP) is 4.38. The Morgan fingerprint density at radius 3 is 2.79 bits per heavy atom. The lowest BCUT2D eigenvalue weighted by Gasteiger charge is -2.10. The molecule has 0 radical (unpaired) electrons. The van der Waals surface area contributed by atoms with Crippen LogP contribution in [0.1, 0.15) is 24.7 Å². The Labute approximate surface area is 117 Å². The molecule has 0 aliphatic carbocycles. The van der Waals surface area contributed by atoms with E-state index >= 15 is 0 Å². The van der Waals surface area contributed by atoms with Gasteiger partial charge in [0.1, 0.15) is 11.6 Å². The van der Waals surface area contributed by atoms with E-state index in [1.807, 2.05) is 19.1 Å². The fourth-order valence-corrected chi connectivity index (χ4v) is 2.73. The van der Waals surface area contributed by atoms with E-state index < -0.39 is 0 Å². The van der Waals surface area contributed by atoms with Gasteiger partial charge in [0, 0.05) is 11.4 Å². The molecular weight excluding hydrogens is 261 g/mol. The fraction of sp³-hybridized carbons (Fsp3) is 0.333. The van der Waals surface area contributed by atoms with Crippen molar-refractivity contribution >= 4 is 11.8 Å². The second-order valence-electron chi connectivity index (χ2n) is 4.37. The van der Waals surface area contributed by atoms with Gasteiger partial charge in [0.25, 0.3) is 0 Å². The zero-order valence-electron chi connectivity index (χ0n) is 11.2.